The normalized spacial score (nSPS) is 21.5. The van der Waals surface area contributed by atoms with E-state index in [0.29, 0.717) is 6.04 Å². The van der Waals surface area contributed by atoms with Gasteiger partial charge in [-0.3, -0.25) is 0 Å². The van der Waals surface area contributed by atoms with E-state index in [1.165, 1.54) is 44.9 Å². The Hall–Kier alpha value is -0.990. The molecule has 3 nitrogen and oxygen atoms in total. The van der Waals surface area contributed by atoms with E-state index in [2.05, 4.69) is 21.1 Å². The number of hydrogen-bond donors (Lipinski definition) is 1. The molecular weight excluding hydrogens is 198 g/mol. The van der Waals surface area contributed by atoms with E-state index < -0.39 is 0 Å². The number of imidazole rings is 1. The molecule has 0 aliphatic heterocycles. The fraction of sp³-hybridized carbons (Fsp3) is 0.769. The molecule has 2 fully saturated rings. The molecule has 16 heavy (non-hydrogen) atoms. The highest BCUT2D eigenvalue weighted by Crippen LogP contribution is 2.33. The third-order valence-electron chi connectivity index (χ3n) is 3.88. The van der Waals surface area contributed by atoms with Crippen LogP contribution < -0.4 is 5.32 Å². The van der Waals surface area contributed by atoms with Crippen molar-refractivity contribution in [2.75, 3.05) is 5.32 Å². The molecule has 0 unspecified atom stereocenters. The Bertz CT molecular complexity index is 335. The third-order valence-corrected chi connectivity index (χ3v) is 3.88. The van der Waals surface area contributed by atoms with Crippen molar-refractivity contribution in [3.05, 3.63) is 12.4 Å². The first kappa shape index (κ1) is 10.2. The highest BCUT2D eigenvalue weighted by atomic mass is 15.2. The average molecular weight is 219 g/mol. The van der Waals surface area contributed by atoms with Crippen molar-refractivity contribution in [3.63, 3.8) is 0 Å². The van der Waals surface area contributed by atoms with Gasteiger partial charge in [0.1, 0.15) is 0 Å². The maximum atomic E-state index is 4.43. The number of nitrogens with zero attached hydrogens (tertiary/aromatic N) is 2. The number of aryl methyl sites for hydroxylation is 1. The Labute approximate surface area is 97.3 Å². The first-order valence-electron chi connectivity index (χ1n) is 6.69. The maximum absolute atomic E-state index is 4.43. The minimum atomic E-state index is 0.669. The molecule has 2 saturated carbocycles. The van der Waals surface area contributed by atoms with Crippen LogP contribution >= 0.6 is 0 Å². The molecule has 0 spiro atoms. The summed E-state index contributed by atoms with van der Waals surface area (Å²) in [5.41, 5.74) is 0. The first-order chi connectivity index (χ1) is 7.92. The van der Waals surface area contributed by atoms with Gasteiger partial charge in [-0.2, -0.15) is 0 Å². The summed E-state index contributed by atoms with van der Waals surface area (Å²) in [5.74, 6) is 2.09. The van der Waals surface area contributed by atoms with Crippen LogP contribution in [0.1, 0.15) is 44.9 Å². The smallest absolute Gasteiger partial charge is 0.202 e. The van der Waals surface area contributed by atoms with E-state index >= 15 is 0 Å². The summed E-state index contributed by atoms with van der Waals surface area (Å²) in [4.78, 5) is 4.43. The van der Waals surface area contributed by atoms with Crippen molar-refractivity contribution in [1.82, 2.24) is 9.55 Å². The zero-order valence-electron chi connectivity index (χ0n) is 9.86. The van der Waals surface area contributed by atoms with Crippen LogP contribution in [-0.4, -0.2) is 15.6 Å². The van der Waals surface area contributed by atoms with Gasteiger partial charge in [0.15, 0.2) is 0 Å². The van der Waals surface area contributed by atoms with Gasteiger partial charge in [-0.05, 0) is 25.2 Å². The Morgan fingerprint density at radius 1 is 1.25 bits per heavy atom. The minimum absolute atomic E-state index is 0.669. The van der Waals surface area contributed by atoms with Crippen molar-refractivity contribution >= 4 is 5.95 Å². The molecule has 1 aromatic rings. The molecule has 1 aromatic heterocycles. The third kappa shape index (κ3) is 2.39. The molecule has 2 aliphatic rings. The zero-order chi connectivity index (χ0) is 10.8. The van der Waals surface area contributed by atoms with Gasteiger partial charge in [0.05, 0.1) is 0 Å². The quantitative estimate of drug-likeness (QED) is 0.825. The number of anilines is 1. The van der Waals surface area contributed by atoms with E-state index in [1.54, 1.807) is 0 Å². The van der Waals surface area contributed by atoms with Gasteiger partial charge in [0.2, 0.25) is 5.95 Å². The van der Waals surface area contributed by atoms with Crippen molar-refractivity contribution in [2.24, 2.45) is 5.92 Å². The van der Waals surface area contributed by atoms with Gasteiger partial charge >= 0.3 is 0 Å². The first-order valence-corrected chi connectivity index (χ1v) is 6.69. The van der Waals surface area contributed by atoms with Crippen LogP contribution in [0.25, 0.3) is 0 Å². The standard InChI is InChI=1S/C13H21N3/c1-2-4-12(3-1)15-13-14-8-10-16(13)9-7-11-5-6-11/h8,10-12H,1-7,9H2,(H,14,15). The molecule has 0 bridgehead atoms. The Balaban J connectivity index is 1.57. The Kier molecular flexibility index (Phi) is 2.85. The molecule has 3 heteroatoms. The largest absolute Gasteiger partial charge is 0.353 e. The van der Waals surface area contributed by atoms with Crippen LogP contribution in [0.2, 0.25) is 0 Å². The highest BCUT2D eigenvalue weighted by Gasteiger charge is 2.21. The summed E-state index contributed by atoms with van der Waals surface area (Å²) in [5, 5.41) is 3.59. The van der Waals surface area contributed by atoms with Gasteiger partial charge in [0, 0.05) is 25.0 Å². The van der Waals surface area contributed by atoms with Crippen molar-refractivity contribution in [3.8, 4) is 0 Å². The lowest BCUT2D eigenvalue weighted by molar-refractivity contribution is 0.594. The average Bonchev–Trinajstić information content (AvgIpc) is 2.79. The molecule has 1 heterocycles. The Morgan fingerprint density at radius 2 is 2.06 bits per heavy atom. The topological polar surface area (TPSA) is 29.9 Å². The zero-order valence-corrected chi connectivity index (χ0v) is 9.86. The summed E-state index contributed by atoms with van der Waals surface area (Å²) in [6.07, 6.45) is 13.6. The molecule has 0 saturated heterocycles. The van der Waals surface area contributed by atoms with Crippen LogP contribution in [-0.2, 0) is 6.54 Å². The van der Waals surface area contributed by atoms with Crippen LogP contribution in [0.4, 0.5) is 5.95 Å². The van der Waals surface area contributed by atoms with Crippen molar-refractivity contribution in [1.29, 1.82) is 0 Å². The lowest BCUT2D eigenvalue weighted by atomic mass is 10.2. The van der Waals surface area contributed by atoms with Crippen LogP contribution in [0.5, 0.6) is 0 Å². The molecule has 0 aromatic carbocycles. The van der Waals surface area contributed by atoms with Gasteiger partial charge < -0.3 is 9.88 Å². The lowest BCUT2D eigenvalue weighted by Crippen LogP contribution is -2.18. The lowest BCUT2D eigenvalue weighted by Gasteiger charge is -2.14. The molecule has 88 valence electrons. The van der Waals surface area contributed by atoms with Gasteiger partial charge in [-0.1, -0.05) is 25.7 Å². The maximum Gasteiger partial charge on any atom is 0.202 e. The molecule has 2 aliphatic carbocycles. The Morgan fingerprint density at radius 3 is 2.81 bits per heavy atom. The number of nitrogens with one attached hydrogen (secondary N) is 1. The van der Waals surface area contributed by atoms with Crippen molar-refractivity contribution < 1.29 is 0 Å². The summed E-state index contributed by atoms with van der Waals surface area (Å²) in [6.45, 7) is 1.14. The van der Waals surface area contributed by atoms with E-state index in [0.717, 1.165) is 18.4 Å². The molecular formula is C13H21N3. The number of aromatic nitrogens is 2. The molecule has 0 atom stereocenters. The molecule has 3 rings (SSSR count). The van der Waals surface area contributed by atoms with E-state index in [1.807, 2.05) is 6.20 Å². The predicted molar refractivity (Wildman–Crippen MR) is 65.4 cm³/mol. The van der Waals surface area contributed by atoms with Gasteiger partial charge in [-0.15, -0.1) is 0 Å². The van der Waals surface area contributed by atoms with Crippen LogP contribution in [0.15, 0.2) is 12.4 Å². The molecule has 0 amide bonds. The SMILES string of the molecule is c1cn(CCC2CC2)c(NC2CCCC2)n1. The van der Waals surface area contributed by atoms with Crippen LogP contribution in [0, 0.1) is 5.92 Å². The second-order valence-electron chi connectivity index (χ2n) is 5.30. The summed E-state index contributed by atoms with van der Waals surface area (Å²) in [6, 6.07) is 0.669. The number of hydrogen-bond acceptors (Lipinski definition) is 2. The summed E-state index contributed by atoms with van der Waals surface area (Å²) < 4.78 is 2.29. The van der Waals surface area contributed by atoms with Gasteiger partial charge in [-0.25, -0.2) is 4.98 Å². The summed E-state index contributed by atoms with van der Waals surface area (Å²) >= 11 is 0. The van der Waals surface area contributed by atoms with Crippen molar-refractivity contribution in [2.45, 2.75) is 57.5 Å². The van der Waals surface area contributed by atoms with E-state index in [4.69, 9.17) is 0 Å². The van der Waals surface area contributed by atoms with Crippen LogP contribution in [0.3, 0.4) is 0 Å². The fourth-order valence-corrected chi connectivity index (χ4v) is 2.61. The second-order valence-corrected chi connectivity index (χ2v) is 5.30. The van der Waals surface area contributed by atoms with E-state index in [9.17, 15) is 0 Å². The fourth-order valence-electron chi connectivity index (χ4n) is 2.61. The second kappa shape index (κ2) is 4.48. The highest BCUT2D eigenvalue weighted by molar-refractivity contribution is 5.27. The van der Waals surface area contributed by atoms with Gasteiger partial charge in [0.25, 0.3) is 0 Å². The molecule has 1 N–H and O–H groups in total. The van der Waals surface area contributed by atoms with E-state index in [-0.39, 0.29) is 0 Å². The number of rotatable bonds is 5. The minimum Gasteiger partial charge on any atom is -0.353 e. The molecule has 0 radical (unpaired) electrons. The predicted octanol–water partition coefficient (Wildman–Crippen LogP) is 3.04. The summed E-state index contributed by atoms with van der Waals surface area (Å²) in [7, 11) is 0. The monoisotopic (exact) mass is 219 g/mol.